The first-order valence-electron chi connectivity index (χ1n) is 7.09. The van der Waals surface area contributed by atoms with Gasteiger partial charge in [0, 0.05) is 24.3 Å². The van der Waals surface area contributed by atoms with Crippen LogP contribution in [0.5, 0.6) is 0 Å². The zero-order chi connectivity index (χ0) is 16.6. The van der Waals surface area contributed by atoms with E-state index in [0.717, 1.165) is 27.4 Å². The van der Waals surface area contributed by atoms with Gasteiger partial charge in [-0.05, 0) is 66.3 Å². The lowest BCUT2D eigenvalue weighted by atomic mass is 10.3. The summed E-state index contributed by atoms with van der Waals surface area (Å²) in [5, 5.41) is 11.6. The number of aromatic amines is 1. The Hall–Kier alpha value is -1.80. The van der Waals surface area contributed by atoms with E-state index in [1.54, 1.807) is 12.1 Å². The SMILES string of the molecule is Cc1nn(CCc2n[nH]c(=S)n2-c2ccc(F)cc2)c(C)c1Br. The van der Waals surface area contributed by atoms with Crippen LogP contribution in [-0.4, -0.2) is 24.5 Å². The molecule has 5 nitrogen and oxygen atoms in total. The maximum absolute atomic E-state index is 13.1. The van der Waals surface area contributed by atoms with Crippen LogP contribution in [0.25, 0.3) is 5.69 Å². The van der Waals surface area contributed by atoms with Crippen LogP contribution in [0.3, 0.4) is 0 Å². The summed E-state index contributed by atoms with van der Waals surface area (Å²) in [6.45, 7) is 4.66. The monoisotopic (exact) mass is 395 g/mol. The van der Waals surface area contributed by atoms with E-state index in [2.05, 4.69) is 31.2 Å². The van der Waals surface area contributed by atoms with Crippen molar-refractivity contribution in [1.29, 1.82) is 0 Å². The van der Waals surface area contributed by atoms with Gasteiger partial charge >= 0.3 is 0 Å². The van der Waals surface area contributed by atoms with E-state index >= 15 is 0 Å². The third kappa shape index (κ3) is 3.13. The Bertz CT molecular complexity index is 894. The van der Waals surface area contributed by atoms with E-state index < -0.39 is 0 Å². The highest BCUT2D eigenvalue weighted by atomic mass is 79.9. The number of H-pyrrole nitrogens is 1. The van der Waals surface area contributed by atoms with Crippen LogP contribution >= 0.6 is 28.1 Å². The number of hydrogen-bond donors (Lipinski definition) is 1. The Morgan fingerprint density at radius 3 is 2.57 bits per heavy atom. The minimum absolute atomic E-state index is 0.280. The molecule has 0 aliphatic heterocycles. The molecule has 2 heterocycles. The highest BCUT2D eigenvalue weighted by molar-refractivity contribution is 9.10. The van der Waals surface area contributed by atoms with E-state index in [4.69, 9.17) is 12.2 Å². The van der Waals surface area contributed by atoms with Gasteiger partial charge in [0.15, 0.2) is 4.77 Å². The molecule has 0 aliphatic carbocycles. The predicted octanol–water partition coefficient (Wildman–Crippen LogP) is 3.89. The summed E-state index contributed by atoms with van der Waals surface area (Å²) in [5.74, 6) is 0.503. The first-order chi connectivity index (χ1) is 11.0. The maximum Gasteiger partial charge on any atom is 0.199 e. The zero-order valence-corrected chi connectivity index (χ0v) is 15.1. The molecule has 2 aromatic heterocycles. The van der Waals surface area contributed by atoms with Gasteiger partial charge in [-0.25, -0.2) is 4.39 Å². The molecule has 0 unspecified atom stereocenters. The summed E-state index contributed by atoms with van der Waals surface area (Å²) in [7, 11) is 0. The third-order valence-electron chi connectivity index (χ3n) is 3.67. The molecule has 0 amide bonds. The lowest BCUT2D eigenvalue weighted by Crippen LogP contribution is -2.09. The number of benzene rings is 1. The fourth-order valence-electron chi connectivity index (χ4n) is 2.45. The van der Waals surface area contributed by atoms with Crippen molar-refractivity contribution in [3.8, 4) is 5.69 Å². The quantitative estimate of drug-likeness (QED) is 0.681. The van der Waals surface area contributed by atoms with E-state index in [1.807, 2.05) is 23.1 Å². The molecule has 0 bridgehead atoms. The number of halogens is 2. The molecule has 0 atom stereocenters. The van der Waals surface area contributed by atoms with Crippen molar-refractivity contribution in [2.75, 3.05) is 0 Å². The Morgan fingerprint density at radius 1 is 1.26 bits per heavy atom. The van der Waals surface area contributed by atoms with Crippen LogP contribution in [0, 0.1) is 24.4 Å². The second kappa shape index (κ2) is 6.37. The van der Waals surface area contributed by atoms with Crippen LogP contribution in [-0.2, 0) is 13.0 Å². The standard InChI is InChI=1S/C15H15BrFN5S/c1-9-14(16)10(2)21(20-9)8-7-13-18-19-15(23)22(13)12-5-3-11(17)4-6-12/h3-6H,7-8H2,1-2H3,(H,19,23). The van der Waals surface area contributed by atoms with Crippen molar-refractivity contribution in [3.05, 3.63) is 56.5 Å². The number of nitrogens with zero attached hydrogens (tertiary/aromatic N) is 4. The average molecular weight is 396 g/mol. The third-order valence-corrected chi connectivity index (χ3v) is 5.09. The zero-order valence-electron chi connectivity index (χ0n) is 12.7. The smallest absolute Gasteiger partial charge is 0.199 e. The molecule has 0 fully saturated rings. The van der Waals surface area contributed by atoms with Gasteiger partial charge < -0.3 is 0 Å². The molecular weight excluding hydrogens is 381 g/mol. The number of hydrogen-bond acceptors (Lipinski definition) is 3. The van der Waals surface area contributed by atoms with Crippen molar-refractivity contribution in [3.63, 3.8) is 0 Å². The average Bonchev–Trinajstić information content (AvgIpc) is 3.01. The molecule has 0 aliphatic rings. The fraction of sp³-hybridized carbons (Fsp3) is 0.267. The van der Waals surface area contributed by atoms with E-state index in [0.29, 0.717) is 17.7 Å². The first kappa shape index (κ1) is 16.1. The van der Waals surface area contributed by atoms with Crippen LogP contribution in [0.15, 0.2) is 28.7 Å². The number of aryl methyl sites for hydroxylation is 3. The Kier molecular flexibility index (Phi) is 4.45. The Balaban J connectivity index is 1.88. The minimum Gasteiger partial charge on any atom is -0.272 e. The minimum atomic E-state index is -0.280. The second-order valence-corrected chi connectivity index (χ2v) is 6.39. The van der Waals surface area contributed by atoms with Crippen LogP contribution in [0.2, 0.25) is 0 Å². The highest BCUT2D eigenvalue weighted by Crippen LogP contribution is 2.20. The summed E-state index contributed by atoms with van der Waals surface area (Å²) >= 11 is 8.82. The van der Waals surface area contributed by atoms with Crippen LogP contribution in [0.1, 0.15) is 17.2 Å². The summed E-state index contributed by atoms with van der Waals surface area (Å²) in [6.07, 6.45) is 0.652. The molecule has 8 heteroatoms. The van der Waals surface area contributed by atoms with E-state index in [1.165, 1.54) is 12.1 Å². The van der Waals surface area contributed by atoms with Gasteiger partial charge in [0.1, 0.15) is 11.6 Å². The molecule has 0 saturated heterocycles. The van der Waals surface area contributed by atoms with Crippen molar-refractivity contribution in [2.45, 2.75) is 26.8 Å². The molecule has 0 saturated carbocycles. The van der Waals surface area contributed by atoms with Crippen molar-refractivity contribution >= 4 is 28.1 Å². The number of aromatic nitrogens is 5. The molecule has 3 aromatic rings. The molecule has 23 heavy (non-hydrogen) atoms. The van der Waals surface area contributed by atoms with Gasteiger partial charge in [0.05, 0.1) is 10.2 Å². The number of nitrogens with one attached hydrogen (secondary N) is 1. The molecule has 1 N–H and O–H groups in total. The van der Waals surface area contributed by atoms with Crippen LogP contribution < -0.4 is 0 Å². The predicted molar refractivity (Wildman–Crippen MR) is 91.8 cm³/mol. The van der Waals surface area contributed by atoms with Crippen molar-refractivity contribution in [2.24, 2.45) is 0 Å². The molecule has 0 radical (unpaired) electrons. The van der Waals surface area contributed by atoms with Gasteiger partial charge in [-0.15, -0.1) is 0 Å². The Labute approximate surface area is 146 Å². The summed E-state index contributed by atoms with van der Waals surface area (Å²) in [4.78, 5) is 0. The second-order valence-electron chi connectivity index (χ2n) is 5.21. The van der Waals surface area contributed by atoms with E-state index in [-0.39, 0.29) is 5.82 Å². The first-order valence-corrected chi connectivity index (χ1v) is 8.29. The lowest BCUT2D eigenvalue weighted by molar-refractivity contribution is 0.576. The largest absolute Gasteiger partial charge is 0.272 e. The van der Waals surface area contributed by atoms with Crippen LogP contribution in [0.4, 0.5) is 4.39 Å². The van der Waals surface area contributed by atoms with Crippen molar-refractivity contribution < 1.29 is 4.39 Å². The van der Waals surface area contributed by atoms with Gasteiger partial charge in [-0.3, -0.25) is 14.3 Å². The molecular formula is C15H15BrFN5S. The molecule has 120 valence electrons. The normalized spacial score (nSPS) is 11.1. The summed E-state index contributed by atoms with van der Waals surface area (Å²) in [5.41, 5.74) is 2.82. The summed E-state index contributed by atoms with van der Waals surface area (Å²) < 4.78 is 18.4. The maximum atomic E-state index is 13.1. The molecule has 1 aromatic carbocycles. The van der Waals surface area contributed by atoms with Gasteiger partial charge in [0.2, 0.25) is 0 Å². The lowest BCUT2D eigenvalue weighted by Gasteiger charge is -2.08. The topological polar surface area (TPSA) is 51.4 Å². The van der Waals surface area contributed by atoms with E-state index in [9.17, 15) is 4.39 Å². The van der Waals surface area contributed by atoms with Crippen molar-refractivity contribution in [1.82, 2.24) is 24.5 Å². The van der Waals surface area contributed by atoms with Gasteiger partial charge in [0.25, 0.3) is 0 Å². The highest BCUT2D eigenvalue weighted by Gasteiger charge is 2.12. The fourth-order valence-corrected chi connectivity index (χ4v) is 2.99. The molecule has 3 rings (SSSR count). The van der Waals surface area contributed by atoms with Gasteiger partial charge in [-0.2, -0.15) is 10.2 Å². The Morgan fingerprint density at radius 2 is 1.96 bits per heavy atom. The molecule has 0 spiro atoms. The number of rotatable bonds is 4. The summed E-state index contributed by atoms with van der Waals surface area (Å²) in [6, 6.07) is 6.19. The van der Waals surface area contributed by atoms with Gasteiger partial charge in [-0.1, -0.05) is 0 Å².